The van der Waals surface area contributed by atoms with Crippen molar-refractivity contribution in [2.24, 2.45) is 0 Å². The number of anilines is 1. The fraction of sp³-hybridized carbons (Fsp3) is 0.240. The lowest BCUT2D eigenvalue weighted by atomic mass is 10.1. The van der Waals surface area contributed by atoms with Gasteiger partial charge in [-0.15, -0.1) is 0 Å². The van der Waals surface area contributed by atoms with Gasteiger partial charge in [-0.05, 0) is 61.4 Å². The lowest BCUT2D eigenvalue weighted by Gasteiger charge is -2.20. The van der Waals surface area contributed by atoms with Gasteiger partial charge in [-0.25, -0.2) is 8.42 Å². The molecule has 1 aliphatic rings. The van der Waals surface area contributed by atoms with E-state index in [-0.39, 0.29) is 17.3 Å². The number of hydrogen-bond donors (Lipinski definition) is 1. The molecule has 0 atom stereocenters. The second-order valence-electron chi connectivity index (χ2n) is 7.81. The van der Waals surface area contributed by atoms with Crippen LogP contribution in [0.3, 0.4) is 0 Å². The predicted octanol–water partition coefficient (Wildman–Crippen LogP) is 3.69. The Kier molecular flexibility index (Phi) is 6.29. The number of fused-ring (bicyclic) bond motifs is 1. The Balaban J connectivity index is 1.53. The maximum atomic E-state index is 13.1. The van der Waals surface area contributed by atoms with Crippen molar-refractivity contribution in [3.8, 4) is 11.5 Å². The highest BCUT2D eigenvalue weighted by Crippen LogP contribution is 2.34. The molecule has 1 N–H and O–H groups in total. The molecule has 3 aromatic rings. The molecule has 172 valence electrons. The van der Waals surface area contributed by atoms with E-state index in [4.69, 9.17) is 9.47 Å². The van der Waals surface area contributed by atoms with Gasteiger partial charge in [-0.1, -0.05) is 23.8 Å². The normalized spacial score (nSPS) is 12.9. The standard InChI is InChI=1S/C25H26N2O5S/c1-17-7-10-20(11-8-17)33(29,30)27-14-13-18-15-19(9-12-22(18)27)25(28)26-16-21-23(31-2)5-4-6-24(21)32-3/h4-12,15H,13-14,16H2,1-3H3,(H,26,28). The molecule has 0 spiro atoms. The Labute approximate surface area is 194 Å². The minimum atomic E-state index is -3.66. The van der Waals surface area contributed by atoms with Crippen molar-refractivity contribution >= 4 is 21.6 Å². The number of sulfonamides is 1. The van der Waals surface area contributed by atoms with E-state index >= 15 is 0 Å². The maximum absolute atomic E-state index is 13.1. The smallest absolute Gasteiger partial charge is 0.264 e. The van der Waals surface area contributed by atoms with Gasteiger partial charge >= 0.3 is 0 Å². The van der Waals surface area contributed by atoms with E-state index in [1.54, 1.807) is 56.7 Å². The summed E-state index contributed by atoms with van der Waals surface area (Å²) in [5.74, 6) is 0.992. The van der Waals surface area contributed by atoms with Crippen LogP contribution < -0.4 is 19.1 Å². The van der Waals surface area contributed by atoms with Crippen molar-refractivity contribution in [1.29, 1.82) is 0 Å². The number of amides is 1. The number of aryl methyl sites for hydroxylation is 1. The van der Waals surface area contributed by atoms with Gasteiger partial charge in [0.15, 0.2) is 0 Å². The first-order valence-corrected chi connectivity index (χ1v) is 12.0. The van der Waals surface area contributed by atoms with Crippen LogP contribution in [0, 0.1) is 6.92 Å². The topological polar surface area (TPSA) is 84.9 Å². The highest BCUT2D eigenvalue weighted by atomic mass is 32.2. The number of nitrogens with one attached hydrogen (secondary N) is 1. The summed E-state index contributed by atoms with van der Waals surface area (Å²) in [6.07, 6.45) is 0.544. The Morgan fingerprint density at radius 2 is 1.67 bits per heavy atom. The number of hydrogen-bond acceptors (Lipinski definition) is 5. The Morgan fingerprint density at radius 3 is 2.30 bits per heavy atom. The molecule has 0 saturated carbocycles. The molecule has 0 radical (unpaired) electrons. The molecule has 0 aromatic heterocycles. The highest BCUT2D eigenvalue weighted by Gasteiger charge is 2.31. The lowest BCUT2D eigenvalue weighted by Crippen LogP contribution is -2.29. The molecule has 1 heterocycles. The van der Waals surface area contributed by atoms with E-state index in [1.807, 2.05) is 25.1 Å². The fourth-order valence-corrected chi connectivity index (χ4v) is 5.48. The highest BCUT2D eigenvalue weighted by molar-refractivity contribution is 7.92. The van der Waals surface area contributed by atoms with Crippen molar-refractivity contribution in [2.75, 3.05) is 25.1 Å². The first-order valence-electron chi connectivity index (χ1n) is 10.6. The number of ether oxygens (including phenoxy) is 2. The summed E-state index contributed by atoms with van der Waals surface area (Å²) < 4.78 is 38.4. The van der Waals surface area contributed by atoms with Crippen LogP contribution in [0.2, 0.25) is 0 Å². The predicted molar refractivity (Wildman–Crippen MR) is 127 cm³/mol. The van der Waals surface area contributed by atoms with E-state index < -0.39 is 10.0 Å². The van der Waals surface area contributed by atoms with E-state index in [0.29, 0.717) is 35.7 Å². The van der Waals surface area contributed by atoms with Crippen molar-refractivity contribution in [3.05, 3.63) is 82.9 Å². The van der Waals surface area contributed by atoms with Crippen LogP contribution in [-0.4, -0.2) is 35.1 Å². The molecular weight excluding hydrogens is 440 g/mol. The second-order valence-corrected chi connectivity index (χ2v) is 9.67. The number of carbonyl (C=O) groups excluding carboxylic acids is 1. The monoisotopic (exact) mass is 466 g/mol. The van der Waals surface area contributed by atoms with Gasteiger partial charge in [-0.2, -0.15) is 0 Å². The number of methoxy groups -OCH3 is 2. The van der Waals surface area contributed by atoms with Gasteiger partial charge in [0, 0.05) is 12.1 Å². The summed E-state index contributed by atoms with van der Waals surface area (Å²) in [6.45, 7) is 2.49. The van der Waals surface area contributed by atoms with Crippen molar-refractivity contribution in [3.63, 3.8) is 0 Å². The number of benzene rings is 3. The van der Waals surface area contributed by atoms with E-state index in [1.165, 1.54) is 4.31 Å². The second kappa shape index (κ2) is 9.15. The van der Waals surface area contributed by atoms with Gasteiger partial charge in [0.05, 0.1) is 36.9 Å². The molecule has 0 fully saturated rings. The Morgan fingerprint density at radius 1 is 1.00 bits per heavy atom. The maximum Gasteiger partial charge on any atom is 0.264 e. The van der Waals surface area contributed by atoms with Gasteiger partial charge in [-0.3, -0.25) is 9.10 Å². The summed E-state index contributed by atoms with van der Waals surface area (Å²) in [5, 5.41) is 2.90. The van der Waals surface area contributed by atoms with Gasteiger partial charge in [0.2, 0.25) is 0 Å². The summed E-state index contributed by atoms with van der Waals surface area (Å²) in [5.41, 5.74) is 3.65. The molecule has 0 aliphatic carbocycles. The third-order valence-corrected chi connectivity index (χ3v) is 7.59. The molecule has 0 bridgehead atoms. The average Bonchev–Trinajstić information content (AvgIpc) is 3.26. The first kappa shape index (κ1) is 22.7. The van der Waals surface area contributed by atoms with Crippen molar-refractivity contribution < 1.29 is 22.7 Å². The zero-order valence-corrected chi connectivity index (χ0v) is 19.6. The van der Waals surface area contributed by atoms with E-state index in [0.717, 1.165) is 16.7 Å². The summed E-state index contributed by atoms with van der Waals surface area (Å²) in [4.78, 5) is 13.1. The molecule has 0 saturated heterocycles. The minimum absolute atomic E-state index is 0.233. The van der Waals surface area contributed by atoms with Crippen molar-refractivity contribution in [2.45, 2.75) is 24.8 Å². The number of carbonyl (C=O) groups is 1. The van der Waals surface area contributed by atoms with Crippen LogP contribution in [0.25, 0.3) is 0 Å². The van der Waals surface area contributed by atoms with Crippen LogP contribution in [-0.2, 0) is 23.0 Å². The van der Waals surface area contributed by atoms with Crippen LogP contribution in [0.1, 0.15) is 27.0 Å². The van der Waals surface area contributed by atoms with Crippen LogP contribution in [0.4, 0.5) is 5.69 Å². The summed E-state index contributed by atoms with van der Waals surface area (Å²) >= 11 is 0. The zero-order valence-electron chi connectivity index (χ0n) is 18.8. The third kappa shape index (κ3) is 4.39. The quantitative estimate of drug-likeness (QED) is 0.574. The fourth-order valence-electron chi connectivity index (χ4n) is 3.97. The third-order valence-electron chi connectivity index (χ3n) is 5.76. The molecule has 8 heteroatoms. The minimum Gasteiger partial charge on any atom is -0.496 e. The van der Waals surface area contributed by atoms with Crippen LogP contribution in [0.5, 0.6) is 11.5 Å². The molecule has 0 unspecified atom stereocenters. The van der Waals surface area contributed by atoms with Crippen molar-refractivity contribution in [1.82, 2.24) is 5.32 Å². The Hall–Kier alpha value is -3.52. The average molecular weight is 467 g/mol. The first-order chi connectivity index (χ1) is 15.8. The SMILES string of the molecule is COc1cccc(OC)c1CNC(=O)c1ccc2c(c1)CCN2S(=O)(=O)c1ccc(C)cc1. The molecule has 33 heavy (non-hydrogen) atoms. The number of nitrogens with zero attached hydrogens (tertiary/aromatic N) is 1. The molecule has 3 aromatic carbocycles. The lowest BCUT2D eigenvalue weighted by molar-refractivity contribution is 0.0950. The van der Waals surface area contributed by atoms with Gasteiger partial charge < -0.3 is 14.8 Å². The Bertz CT molecular complexity index is 1260. The molecule has 4 rings (SSSR count). The summed E-state index contributed by atoms with van der Waals surface area (Å²) in [7, 11) is -0.526. The molecular formula is C25H26N2O5S. The molecule has 7 nitrogen and oxygen atoms in total. The number of rotatable bonds is 7. The summed E-state index contributed by atoms with van der Waals surface area (Å²) in [6, 6.07) is 17.4. The molecule has 1 aliphatic heterocycles. The zero-order chi connectivity index (χ0) is 23.6. The molecule has 1 amide bonds. The van der Waals surface area contributed by atoms with Crippen LogP contribution in [0.15, 0.2) is 65.6 Å². The largest absolute Gasteiger partial charge is 0.496 e. The van der Waals surface area contributed by atoms with Gasteiger partial charge in [0.1, 0.15) is 11.5 Å². The van der Waals surface area contributed by atoms with E-state index in [2.05, 4.69) is 5.32 Å². The van der Waals surface area contributed by atoms with E-state index in [9.17, 15) is 13.2 Å². The van der Waals surface area contributed by atoms with Gasteiger partial charge in [0.25, 0.3) is 15.9 Å². The van der Waals surface area contributed by atoms with Crippen LogP contribution >= 0.6 is 0 Å².